The fourth-order valence-corrected chi connectivity index (χ4v) is 4.11. The number of carbonyl (C=O) groups excluding carboxylic acids is 2. The van der Waals surface area contributed by atoms with E-state index in [0.29, 0.717) is 44.3 Å². The molecule has 2 N–H and O–H groups in total. The SMILES string of the molecule is C[C@H](O)[C@H]1CCN(C(=O)C(=O)NC[C@H](c2ccccc2Cl)N2CCOCC2)C1. The van der Waals surface area contributed by atoms with Crippen LogP contribution in [-0.4, -0.2) is 78.8 Å². The van der Waals surface area contributed by atoms with Crippen molar-refractivity contribution in [3.8, 4) is 0 Å². The highest BCUT2D eigenvalue weighted by Gasteiger charge is 2.33. The molecule has 0 saturated carbocycles. The Labute approximate surface area is 170 Å². The first kappa shape index (κ1) is 21.0. The summed E-state index contributed by atoms with van der Waals surface area (Å²) in [6.07, 6.45) is 0.235. The minimum absolute atomic E-state index is 0.0287. The van der Waals surface area contributed by atoms with Crippen LogP contribution in [-0.2, 0) is 14.3 Å². The first-order valence-corrected chi connectivity index (χ1v) is 10.2. The van der Waals surface area contributed by atoms with Gasteiger partial charge in [0.1, 0.15) is 0 Å². The Morgan fingerprint density at radius 3 is 2.64 bits per heavy atom. The van der Waals surface area contributed by atoms with E-state index in [4.69, 9.17) is 16.3 Å². The van der Waals surface area contributed by atoms with E-state index in [1.807, 2.05) is 24.3 Å². The molecule has 2 fully saturated rings. The fourth-order valence-electron chi connectivity index (χ4n) is 3.84. The van der Waals surface area contributed by atoms with Crippen LogP contribution in [0.3, 0.4) is 0 Å². The topological polar surface area (TPSA) is 82.1 Å². The van der Waals surface area contributed by atoms with Gasteiger partial charge in [-0.05, 0) is 25.0 Å². The third-order valence-electron chi connectivity index (χ3n) is 5.60. The number of nitrogens with zero attached hydrogens (tertiary/aromatic N) is 2. The summed E-state index contributed by atoms with van der Waals surface area (Å²) in [6.45, 7) is 5.66. The minimum Gasteiger partial charge on any atom is -0.393 e. The van der Waals surface area contributed by atoms with Crippen LogP contribution >= 0.6 is 11.6 Å². The van der Waals surface area contributed by atoms with Crippen molar-refractivity contribution in [1.82, 2.24) is 15.1 Å². The molecule has 1 aromatic rings. The van der Waals surface area contributed by atoms with E-state index in [0.717, 1.165) is 18.7 Å². The highest BCUT2D eigenvalue weighted by molar-refractivity contribution is 6.35. The lowest BCUT2D eigenvalue weighted by molar-refractivity contribution is -0.145. The van der Waals surface area contributed by atoms with Crippen LogP contribution in [0.1, 0.15) is 24.9 Å². The zero-order valence-corrected chi connectivity index (χ0v) is 16.9. The lowest BCUT2D eigenvalue weighted by atomic mass is 10.0. The molecular weight excluding hydrogens is 382 g/mol. The van der Waals surface area contributed by atoms with Gasteiger partial charge in [-0.2, -0.15) is 0 Å². The van der Waals surface area contributed by atoms with Gasteiger partial charge in [-0.25, -0.2) is 0 Å². The van der Waals surface area contributed by atoms with Crippen LogP contribution in [0.15, 0.2) is 24.3 Å². The number of ether oxygens (including phenoxy) is 1. The Morgan fingerprint density at radius 1 is 1.29 bits per heavy atom. The highest BCUT2D eigenvalue weighted by Crippen LogP contribution is 2.28. The number of hydrogen-bond donors (Lipinski definition) is 2. The van der Waals surface area contributed by atoms with Gasteiger partial charge < -0.3 is 20.1 Å². The van der Waals surface area contributed by atoms with Gasteiger partial charge in [0.25, 0.3) is 0 Å². The Kier molecular flexibility index (Phi) is 7.29. The van der Waals surface area contributed by atoms with Gasteiger partial charge in [0, 0.05) is 43.7 Å². The smallest absolute Gasteiger partial charge is 0.311 e. The highest BCUT2D eigenvalue weighted by atomic mass is 35.5. The Bertz CT molecular complexity index is 694. The molecule has 2 aliphatic heterocycles. The molecule has 1 aromatic carbocycles. The summed E-state index contributed by atoms with van der Waals surface area (Å²) in [5.74, 6) is -1.12. The van der Waals surface area contributed by atoms with Crippen molar-refractivity contribution in [2.75, 3.05) is 45.9 Å². The molecule has 0 aromatic heterocycles. The maximum atomic E-state index is 12.5. The normalized spacial score (nSPS) is 22.7. The number of morpholine rings is 1. The molecule has 8 heteroatoms. The molecule has 2 saturated heterocycles. The second kappa shape index (κ2) is 9.69. The zero-order chi connectivity index (χ0) is 20.1. The van der Waals surface area contributed by atoms with Crippen molar-refractivity contribution >= 4 is 23.4 Å². The number of carbonyl (C=O) groups is 2. The van der Waals surface area contributed by atoms with Crippen molar-refractivity contribution < 1.29 is 19.4 Å². The van der Waals surface area contributed by atoms with E-state index >= 15 is 0 Å². The van der Waals surface area contributed by atoms with Crippen molar-refractivity contribution in [2.45, 2.75) is 25.5 Å². The number of benzene rings is 1. The molecule has 7 nitrogen and oxygen atoms in total. The van der Waals surface area contributed by atoms with Gasteiger partial charge in [0.15, 0.2) is 0 Å². The lowest BCUT2D eigenvalue weighted by Gasteiger charge is -2.35. The number of nitrogens with one attached hydrogen (secondary N) is 1. The summed E-state index contributed by atoms with van der Waals surface area (Å²) < 4.78 is 5.43. The van der Waals surface area contributed by atoms with Crippen LogP contribution in [0, 0.1) is 5.92 Å². The predicted molar refractivity (Wildman–Crippen MR) is 106 cm³/mol. The Morgan fingerprint density at radius 2 is 2.00 bits per heavy atom. The minimum atomic E-state index is -0.614. The van der Waals surface area contributed by atoms with Crippen LogP contribution in [0.5, 0.6) is 0 Å². The summed E-state index contributed by atoms with van der Waals surface area (Å²) in [5, 5.41) is 13.1. The molecule has 2 aliphatic rings. The average Bonchev–Trinajstić information content (AvgIpc) is 3.20. The first-order valence-electron chi connectivity index (χ1n) is 9.78. The monoisotopic (exact) mass is 409 g/mol. The lowest BCUT2D eigenvalue weighted by Crippen LogP contribution is -2.47. The predicted octanol–water partition coefficient (Wildman–Crippen LogP) is 1.06. The molecule has 154 valence electrons. The summed E-state index contributed by atoms with van der Waals surface area (Å²) >= 11 is 6.40. The summed E-state index contributed by atoms with van der Waals surface area (Å²) in [6, 6.07) is 7.44. The van der Waals surface area contributed by atoms with Gasteiger partial charge in [0.05, 0.1) is 25.4 Å². The molecule has 0 aliphatic carbocycles. The second-order valence-electron chi connectivity index (χ2n) is 7.44. The van der Waals surface area contributed by atoms with Gasteiger partial charge >= 0.3 is 11.8 Å². The van der Waals surface area contributed by atoms with Crippen LogP contribution in [0.4, 0.5) is 0 Å². The summed E-state index contributed by atoms with van der Waals surface area (Å²) in [5.41, 5.74) is 0.925. The molecule has 2 heterocycles. The molecule has 0 spiro atoms. The van der Waals surface area contributed by atoms with Gasteiger partial charge in [-0.15, -0.1) is 0 Å². The van der Waals surface area contributed by atoms with Crippen LogP contribution in [0.2, 0.25) is 5.02 Å². The van der Waals surface area contributed by atoms with Gasteiger partial charge in [0.2, 0.25) is 0 Å². The quantitative estimate of drug-likeness (QED) is 0.710. The first-order chi connectivity index (χ1) is 13.5. The van der Waals surface area contributed by atoms with Crippen LogP contribution in [0.25, 0.3) is 0 Å². The third kappa shape index (κ3) is 5.03. The molecule has 0 unspecified atom stereocenters. The number of aliphatic hydroxyl groups is 1. The maximum absolute atomic E-state index is 12.5. The Hall–Kier alpha value is -1.67. The maximum Gasteiger partial charge on any atom is 0.311 e. The Balaban J connectivity index is 1.64. The second-order valence-corrected chi connectivity index (χ2v) is 7.84. The van der Waals surface area contributed by atoms with Crippen LogP contribution < -0.4 is 5.32 Å². The molecule has 0 bridgehead atoms. The van der Waals surface area contributed by atoms with E-state index in [1.54, 1.807) is 6.92 Å². The summed E-state index contributed by atoms with van der Waals surface area (Å²) in [4.78, 5) is 28.7. The number of rotatable bonds is 5. The molecule has 2 amide bonds. The standard InChI is InChI=1S/C20H28ClN3O4/c1-14(25)15-6-7-24(13-15)20(27)19(26)22-12-18(23-8-10-28-11-9-23)16-4-2-3-5-17(16)21/h2-5,14-15,18,25H,6-13H2,1H3,(H,22,26)/t14-,15-,18+/m0/s1. The van der Waals surface area contributed by atoms with E-state index in [2.05, 4.69) is 10.2 Å². The zero-order valence-electron chi connectivity index (χ0n) is 16.1. The molecule has 3 rings (SSSR count). The molecule has 0 radical (unpaired) electrons. The van der Waals surface area contributed by atoms with E-state index < -0.39 is 17.9 Å². The van der Waals surface area contributed by atoms with Gasteiger partial charge in [-0.3, -0.25) is 14.5 Å². The largest absolute Gasteiger partial charge is 0.393 e. The van der Waals surface area contributed by atoms with E-state index in [9.17, 15) is 14.7 Å². The van der Waals surface area contributed by atoms with Crippen molar-refractivity contribution in [3.63, 3.8) is 0 Å². The fraction of sp³-hybridized carbons (Fsp3) is 0.600. The van der Waals surface area contributed by atoms with E-state index in [-0.39, 0.29) is 12.0 Å². The average molecular weight is 410 g/mol. The van der Waals surface area contributed by atoms with Crippen molar-refractivity contribution in [3.05, 3.63) is 34.9 Å². The van der Waals surface area contributed by atoms with Gasteiger partial charge in [-0.1, -0.05) is 29.8 Å². The molecular formula is C20H28ClN3O4. The van der Waals surface area contributed by atoms with Crippen molar-refractivity contribution in [2.24, 2.45) is 5.92 Å². The molecule has 3 atom stereocenters. The number of likely N-dealkylation sites (tertiary alicyclic amines) is 1. The van der Waals surface area contributed by atoms with Crippen molar-refractivity contribution in [1.29, 1.82) is 0 Å². The molecule has 28 heavy (non-hydrogen) atoms. The number of halogens is 1. The van der Waals surface area contributed by atoms with E-state index in [1.165, 1.54) is 4.90 Å². The number of hydrogen-bond acceptors (Lipinski definition) is 5. The summed E-state index contributed by atoms with van der Waals surface area (Å²) in [7, 11) is 0. The third-order valence-corrected chi connectivity index (χ3v) is 5.94. The number of aliphatic hydroxyl groups excluding tert-OH is 1. The number of amides is 2.